The molecule has 0 saturated carbocycles. The number of benzene rings is 1. The summed E-state index contributed by atoms with van der Waals surface area (Å²) in [7, 11) is 1.56. The summed E-state index contributed by atoms with van der Waals surface area (Å²) >= 11 is 0. The maximum Gasteiger partial charge on any atom is 0.168 e. The van der Waals surface area contributed by atoms with Crippen LogP contribution in [0.5, 0.6) is 11.5 Å². The fraction of sp³-hybridized carbons (Fsp3) is 0.412. The second-order valence-corrected chi connectivity index (χ2v) is 4.96. The fourth-order valence-corrected chi connectivity index (χ4v) is 2.31. The van der Waals surface area contributed by atoms with Gasteiger partial charge in [-0.1, -0.05) is 12.1 Å². The summed E-state index contributed by atoms with van der Waals surface area (Å²) in [6.45, 7) is 4.57. The summed E-state index contributed by atoms with van der Waals surface area (Å²) in [5, 5.41) is 17.8. The zero-order valence-corrected chi connectivity index (χ0v) is 13.1. The molecule has 6 heteroatoms. The van der Waals surface area contributed by atoms with E-state index in [1.165, 1.54) is 6.08 Å². The second-order valence-electron chi connectivity index (χ2n) is 4.96. The highest BCUT2D eigenvalue weighted by Crippen LogP contribution is 2.32. The third kappa shape index (κ3) is 4.72. The molecule has 0 spiro atoms. The van der Waals surface area contributed by atoms with Gasteiger partial charge in [0.25, 0.3) is 0 Å². The third-order valence-corrected chi connectivity index (χ3v) is 3.53. The molecular formula is C17H19N3O3. The van der Waals surface area contributed by atoms with Crippen LogP contribution in [0.4, 0.5) is 0 Å². The Morgan fingerprint density at radius 1 is 1.30 bits per heavy atom. The van der Waals surface area contributed by atoms with Crippen LogP contribution in [0, 0.1) is 22.7 Å². The Hall–Kier alpha value is -2.54. The van der Waals surface area contributed by atoms with E-state index in [1.807, 2.05) is 12.1 Å². The highest BCUT2D eigenvalue weighted by molar-refractivity contribution is 5.68. The molecule has 0 radical (unpaired) electrons. The minimum absolute atomic E-state index is 0.0243. The number of nitrogens with zero attached hydrogens (tertiary/aromatic N) is 3. The second kappa shape index (κ2) is 8.79. The Morgan fingerprint density at radius 2 is 2.04 bits per heavy atom. The van der Waals surface area contributed by atoms with E-state index in [-0.39, 0.29) is 5.57 Å². The molecule has 120 valence electrons. The molecule has 1 fully saturated rings. The van der Waals surface area contributed by atoms with Crippen LogP contribution in [0.2, 0.25) is 0 Å². The van der Waals surface area contributed by atoms with Gasteiger partial charge in [0.05, 0.1) is 20.3 Å². The van der Waals surface area contributed by atoms with E-state index in [1.54, 1.807) is 25.3 Å². The van der Waals surface area contributed by atoms with Crippen LogP contribution < -0.4 is 9.47 Å². The summed E-state index contributed by atoms with van der Waals surface area (Å²) in [5.41, 5.74) is 0.681. The normalized spacial score (nSPS) is 14.4. The summed E-state index contributed by atoms with van der Waals surface area (Å²) < 4.78 is 16.5. The number of ether oxygens (including phenoxy) is 3. The van der Waals surface area contributed by atoms with E-state index in [2.05, 4.69) is 4.90 Å². The van der Waals surface area contributed by atoms with E-state index >= 15 is 0 Å². The molecule has 1 aliphatic heterocycles. The van der Waals surface area contributed by atoms with Gasteiger partial charge in [0, 0.05) is 25.2 Å². The lowest BCUT2D eigenvalue weighted by atomic mass is 10.1. The van der Waals surface area contributed by atoms with Crippen LogP contribution in [0.3, 0.4) is 0 Å². The van der Waals surface area contributed by atoms with E-state index in [0.717, 1.165) is 32.8 Å². The average molecular weight is 313 g/mol. The molecule has 1 heterocycles. The molecule has 1 saturated heterocycles. The van der Waals surface area contributed by atoms with Gasteiger partial charge in [0.1, 0.15) is 24.3 Å². The van der Waals surface area contributed by atoms with Gasteiger partial charge in [-0.05, 0) is 12.1 Å². The number of nitriles is 2. The molecule has 0 aromatic heterocycles. The molecule has 0 unspecified atom stereocenters. The number of rotatable bonds is 6. The zero-order valence-electron chi connectivity index (χ0n) is 13.1. The van der Waals surface area contributed by atoms with Gasteiger partial charge in [-0.2, -0.15) is 10.5 Å². The van der Waals surface area contributed by atoms with Gasteiger partial charge in [0.2, 0.25) is 0 Å². The lowest BCUT2D eigenvalue weighted by Gasteiger charge is -2.26. The molecule has 23 heavy (non-hydrogen) atoms. The number of allylic oxidation sites excluding steroid dienone is 1. The lowest BCUT2D eigenvalue weighted by Crippen LogP contribution is -2.38. The van der Waals surface area contributed by atoms with Crippen molar-refractivity contribution in [3.05, 3.63) is 29.3 Å². The molecule has 1 aliphatic rings. The van der Waals surface area contributed by atoms with Crippen molar-refractivity contribution in [1.82, 2.24) is 4.90 Å². The fourth-order valence-electron chi connectivity index (χ4n) is 2.31. The van der Waals surface area contributed by atoms with E-state index in [0.29, 0.717) is 23.7 Å². The molecule has 0 atom stereocenters. The highest BCUT2D eigenvalue weighted by atomic mass is 16.5. The van der Waals surface area contributed by atoms with Crippen molar-refractivity contribution >= 4 is 6.08 Å². The van der Waals surface area contributed by atoms with E-state index in [9.17, 15) is 0 Å². The maximum absolute atomic E-state index is 8.92. The van der Waals surface area contributed by atoms with Crippen LogP contribution >= 0.6 is 0 Å². The molecule has 0 aliphatic carbocycles. The Labute approximate surface area is 136 Å². The van der Waals surface area contributed by atoms with E-state index < -0.39 is 0 Å². The Balaban J connectivity index is 2.10. The van der Waals surface area contributed by atoms with Crippen molar-refractivity contribution in [3.8, 4) is 23.6 Å². The topological polar surface area (TPSA) is 78.5 Å². The molecule has 2 rings (SSSR count). The van der Waals surface area contributed by atoms with Gasteiger partial charge in [-0.3, -0.25) is 4.90 Å². The van der Waals surface area contributed by atoms with Crippen LogP contribution in [-0.2, 0) is 4.74 Å². The number of methoxy groups -OCH3 is 1. The number of hydrogen-bond acceptors (Lipinski definition) is 6. The van der Waals surface area contributed by atoms with Gasteiger partial charge in [0.15, 0.2) is 11.5 Å². The summed E-state index contributed by atoms with van der Waals surface area (Å²) in [6, 6.07) is 9.09. The monoisotopic (exact) mass is 313 g/mol. The first-order chi connectivity index (χ1) is 11.3. The smallest absolute Gasteiger partial charge is 0.168 e. The van der Waals surface area contributed by atoms with Crippen LogP contribution in [0.15, 0.2) is 23.8 Å². The predicted molar refractivity (Wildman–Crippen MR) is 85.0 cm³/mol. The van der Waals surface area contributed by atoms with Crippen molar-refractivity contribution in [2.75, 3.05) is 46.6 Å². The SMILES string of the molecule is COc1cccc(C=C(C#N)C#N)c1OCCN1CCOCC1. The first-order valence-electron chi connectivity index (χ1n) is 7.40. The quantitative estimate of drug-likeness (QED) is 0.746. The van der Waals surface area contributed by atoms with Crippen LogP contribution in [-0.4, -0.2) is 51.5 Å². The van der Waals surface area contributed by atoms with E-state index in [4.69, 9.17) is 24.7 Å². The largest absolute Gasteiger partial charge is 0.493 e. The number of para-hydroxylation sites is 1. The van der Waals surface area contributed by atoms with Gasteiger partial charge in [-0.25, -0.2) is 0 Å². The van der Waals surface area contributed by atoms with Crippen molar-refractivity contribution < 1.29 is 14.2 Å². The Morgan fingerprint density at radius 3 is 2.70 bits per heavy atom. The standard InChI is InChI=1S/C17H19N3O3/c1-21-16-4-2-3-15(11-14(12-18)13-19)17(16)23-10-7-20-5-8-22-9-6-20/h2-4,11H,5-10H2,1H3. The molecule has 0 N–H and O–H groups in total. The van der Waals surface area contributed by atoms with Crippen LogP contribution in [0.1, 0.15) is 5.56 Å². The first-order valence-corrected chi connectivity index (χ1v) is 7.40. The molecule has 6 nitrogen and oxygen atoms in total. The molecule has 1 aromatic rings. The van der Waals surface area contributed by atoms with Gasteiger partial charge >= 0.3 is 0 Å². The predicted octanol–water partition coefficient (Wildman–Crippen LogP) is 1.84. The minimum Gasteiger partial charge on any atom is -0.493 e. The Kier molecular flexibility index (Phi) is 6.43. The molecule has 0 bridgehead atoms. The third-order valence-electron chi connectivity index (χ3n) is 3.53. The van der Waals surface area contributed by atoms with Gasteiger partial charge in [-0.15, -0.1) is 0 Å². The van der Waals surface area contributed by atoms with Crippen molar-refractivity contribution in [1.29, 1.82) is 10.5 Å². The molecule has 1 aromatic carbocycles. The Bertz CT molecular complexity index is 621. The van der Waals surface area contributed by atoms with Crippen molar-refractivity contribution in [2.24, 2.45) is 0 Å². The lowest BCUT2D eigenvalue weighted by molar-refractivity contribution is 0.0321. The number of hydrogen-bond donors (Lipinski definition) is 0. The average Bonchev–Trinajstić information content (AvgIpc) is 2.61. The first kappa shape index (κ1) is 16.8. The van der Waals surface area contributed by atoms with Gasteiger partial charge < -0.3 is 14.2 Å². The highest BCUT2D eigenvalue weighted by Gasteiger charge is 2.13. The van der Waals surface area contributed by atoms with Crippen molar-refractivity contribution in [2.45, 2.75) is 0 Å². The summed E-state index contributed by atoms with van der Waals surface area (Å²) in [5.74, 6) is 1.13. The zero-order chi connectivity index (χ0) is 16.5. The summed E-state index contributed by atoms with van der Waals surface area (Å²) in [4.78, 5) is 2.27. The molecule has 0 amide bonds. The molecular weight excluding hydrogens is 294 g/mol. The maximum atomic E-state index is 8.92. The minimum atomic E-state index is 0.0243. The summed E-state index contributed by atoms with van der Waals surface area (Å²) in [6.07, 6.45) is 1.51. The van der Waals surface area contributed by atoms with Crippen molar-refractivity contribution in [3.63, 3.8) is 0 Å². The van der Waals surface area contributed by atoms with Crippen LogP contribution in [0.25, 0.3) is 6.08 Å². The number of morpholine rings is 1.